The third-order valence-corrected chi connectivity index (χ3v) is 3.13. The van der Waals surface area contributed by atoms with Crippen molar-refractivity contribution in [1.82, 2.24) is 5.32 Å². The molecule has 112 valence electrons. The Morgan fingerprint density at radius 2 is 2.25 bits per heavy atom. The van der Waals surface area contributed by atoms with E-state index in [1.165, 1.54) is 0 Å². The van der Waals surface area contributed by atoms with Gasteiger partial charge in [0.15, 0.2) is 11.5 Å². The summed E-state index contributed by atoms with van der Waals surface area (Å²) in [4.78, 5) is 0. The second kappa shape index (κ2) is 6.92. The summed E-state index contributed by atoms with van der Waals surface area (Å²) in [5.74, 6) is 1.31. The number of hydrogen-bond acceptors (Lipinski definition) is 5. The number of nitrogens with one attached hydrogen (secondary N) is 1. The first-order valence-corrected chi connectivity index (χ1v) is 7.03. The Hall–Kier alpha value is -1.30. The van der Waals surface area contributed by atoms with Crippen LogP contribution in [0.2, 0.25) is 0 Å². The van der Waals surface area contributed by atoms with Crippen molar-refractivity contribution < 1.29 is 19.7 Å². The molecule has 0 radical (unpaired) electrons. The molecule has 0 spiro atoms. The van der Waals surface area contributed by atoms with Gasteiger partial charge in [0.2, 0.25) is 0 Å². The molecule has 1 aromatic rings. The summed E-state index contributed by atoms with van der Waals surface area (Å²) in [6.07, 6.45) is -0.453. The summed E-state index contributed by atoms with van der Waals surface area (Å²) >= 11 is 0. The predicted molar refractivity (Wildman–Crippen MR) is 76.3 cm³/mol. The molecule has 0 fully saturated rings. The highest BCUT2D eigenvalue weighted by Crippen LogP contribution is 2.34. The first-order valence-electron chi connectivity index (χ1n) is 7.03. The van der Waals surface area contributed by atoms with E-state index >= 15 is 0 Å². The molecule has 0 amide bonds. The van der Waals surface area contributed by atoms with Gasteiger partial charge in [0.05, 0.1) is 6.10 Å². The molecule has 2 rings (SSSR count). The number of para-hydroxylation sites is 1. The lowest BCUT2D eigenvalue weighted by Gasteiger charge is -2.24. The Balaban J connectivity index is 1.92. The van der Waals surface area contributed by atoms with Crippen LogP contribution in [0.25, 0.3) is 0 Å². The molecular formula is C15H23NO4. The topological polar surface area (TPSA) is 71.0 Å². The molecule has 2 atom stereocenters. The molecule has 0 aliphatic carbocycles. The molecule has 0 bridgehead atoms. The third-order valence-electron chi connectivity index (χ3n) is 3.13. The van der Waals surface area contributed by atoms with Crippen molar-refractivity contribution in [1.29, 1.82) is 0 Å². The summed E-state index contributed by atoms with van der Waals surface area (Å²) in [6, 6.07) is 5.94. The fraction of sp³-hybridized carbons (Fsp3) is 0.600. The van der Waals surface area contributed by atoms with Crippen molar-refractivity contribution in [2.24, 2.45) is 0 Å². The lowest BCUT2D eigenvalue weighted by molar-refractivity contribution is 0.0810. The predicted octanol–water partition coefficient (Wildman–Crippen LogP) is 0.720. The van der Waals surface area contributed by atoms with Crippen LogP contribution < -0.4 is 14.8 Å². The zero-order valence-corrected chi connectivity index (χ0v) is 12.0. The van der Waals surface area contributed by atoms with Crippen LogP contribution in [-0.2, 0) is 6.42 Å². The van der Waals surface area contributed by atoms with Crippen LogP contribution in [0.15, 0.2) is 18.2 Å². The van der Waals surface area contributed by atoms with E-state index in [1.807, 2.05) is 32.0 Å². The normalized spacial score (nSPS) is 19.4. The fourth-order valence-electron chi connectivity index (χ4n) is 2.11. The Kier molecular flexibility index (Phi) is 5.23. The van der Waals surface area contributed by atoms with Gasteiger partial charge in [-0.05, 0) is 6.07 Å². The van der Waals surface area contributed by atoms with E-state index in [0.29, 0.717) is 30.5 Å². The number of aliphatic hydroxyl groups is 2. The van der Waals surface area contributed by atoms with Gasteiger partial charge in [-0.15, -0.1) is 0 Å². The third kappa shape index (κ3) is 4.10. The average Bonchev–Trinajstić information content (AvgIpc) is 2.42. The van der Waals surface area contributed by atoms with Crippen molar-refractivity contribution in [3.63, 3.8) is 0 Å². The lowest BCUT2D eigenvalue weighted by atomic mass is 10.0. The van der Waals surface area contributed by atoms with E-state index in [-0.39, 0.29) is 13.2 Å². The maximum Gasteiger partial charge on any atom is 0.164 e. The summed E-state index contributed by atoms with van der Waals surface area (Å²) in [6.45, 7) is 5.04. The molecule has 0 saturated carbocycles. The quantitative estimate of drug-likeness (QED) is 0.717. The Morgan fingerprint density at radius 3 is 3.00 bits per heavy atom. The molecule has 5 nitrogen and oxygen atoms in total. The molecule has 1 aliphatic heterocycles. The molecular weight excluding hydrogens is 258 g/mol. The highest BCUT2D eigenvalue weighted by molar-refractivity contribution is 5.48. The van der Waals surface area contributed by atoms with Crippen molar-refractivity contribution in [3.8, 4) is 11.5 Å². The van der Waals surface area contributed by atoms with Crippen LogP contribution in [0.3, 0.4) is 0 Å². The van der Waals surface area contributed by atoms with Gasteiger partial charge in [-0.3, -0.25) is 0 Å². The highest BCUT2D eigenvalue weighted by Gasteiger charge is 2.21. The average molecular weight is 281 g/mol. The second-order valence-electron chi connectivity index (χ2n) is 5.44. The molecule has 1 heterocycles. The number of ether oxygens (including phenoxy) is 2. The SMILES string of the molecule is CC(C)NC[C@@H](O)COc1cccc2c1OC[C@@H](O)C2. The van der Waals surface area contributed by atoms with Crippen molar-refractivity contribution in [2.45, 2.75) is 38.5 Å². The molecule has 1 aromatic carbocycles. The van der Waals surface area contributed by atoms with Gasteiger partial charge in [0.1, 0.15) is 19.3 Å². The fourth-order valence-corrected chi connectivity index (χ4v) is 2.11. The van der Waals surface area contributed by atoms with E-state index in [0.717, 1.165) is 5.56 Å². The molecule has 0 unspecified atom stereocenters. The monoisotopic (exact) mass is 281 g/mol. The van der Waals surface area contributed by atoms with Crippen LogP contribution in [0.1, 0.15) is 19.4 Å². The summed E-state index contributed by atoms with van der Waals surface area (Å²) in [5, 5.41) is 22.6. The van der Waals surface area contributed by atoms with Gasteiger partial charge < -0.3 is 25.0 Å². The van der Waals surface area contributed by atoms with Gasteiger partial charge in [0.25, 0.3) is 0 Å². The van der Waals surface area contributed by atoms with Gasteiger partial charge in [-0.25, -0.2) is 0 Å². The Morgan fingerprint density at radius 1 is 1.45 bits per heavy atom. The molecule has 3 N–H and O–H groups in total. The van der Waals surface area contributed by atoms with Crippen molar-refractivity contribution in [2.75, 3.05) is 19.8 Å². The largest absolute Gasteiger partial charge is 0.487 e. The lowest BCUT2D eigenvalue weighted by Crippen LogP contribution is -2.35. The molecule has 5 heteroatoms. The van der Waals surface area contributed by atoms with Crippen LogP contribution in [0.4, 0.5) is 0 Å². The molecule has 0 aromatic heterocycles. The van der Waals surface area contributed by atoms with E-state index < -0.39 is 12.2 Å². The second-order valence-corrected chi connectivity index (χ2v) is 5.44. The molecule has 1 aliphatic rings. The van der Waals surface area contributed by atoms with Gasteiger partial charge >= 0.3 is 0 Å². The smallest absolute Gasteiger partial charge is 0.164 e. The highest BCUT2D eigenvalue weighted by atomic mass is 16.5. The summed E-state index contributed by atoms with van der Waals surface area (Å²) in [7, 11) is 0. The van der Waals surface area contributed by atoms with Gasteiger partial charge in [-0.1, -0.05) is 26.0 Å². The number of aliphatic hydroxyl groups excluding tert-OH is 2. The van der Waals surface area contributed by atoms with Gasteiger partial charge in [0, 0.05) is 24.6 Å². The molecule has 0 saturated heterocycles. The van der Waals surface area contributed by atoms with Crippen LogP contribution in [-0.4, -0.2) is 48.2 Å². The first-order chi connectivity index (χ1) is 9.56. The number of hydrogen-bond donors (Lipinski definition) is 3. The van der Waals surface area contributed by atoms with Crippen molar-refractivity contribution in [3.05, 3.63) is 23.8 Å². The number of benzene rings is 1. The first kappa shape index (κ1) is 15.1. The minimum absolute atomic E-state index is 0.210. The standard InChI is InChI=1S/C15H23NO4/c1-10(2)16-7-13(18)9-19-14-5-3-4-11-6-12(17)8-20-15(11)14/h3-5,10,12-13,16-18H,6-9H2,1-2H3/t12-,13+/m0/s1. The summed E-state index contributed by atoms with van der Waals surface area (Å²) < 4.78 is 11.2. The Labute approximate surface area is 119 Å². The maximum absolute atomic E-state index is 9.84. The van der Waals surface area contributed by atoms with Crippen LogP contribution in [0.5, 0.6) is 11.5 Å². The number of fused-ring (bicyclic) bond motifs is 1. The zero-order chi connectivity index (χ0) is 14.5. The summed E-state index contributed by atoms with van der Waals surface area (Å²) in [5.41, 5.74) is 0.941. The molecule has 20 heavy (non-hydrogen) atoms. The van der Waals surface area contributed by atoms with Crippen LogP contribution >= 0.6 is 0 Å². The van der Waals surface area contributed by atoms with Crippen molar-refractivity contribution >= 4 is 0 Å². The Bertz CT molecular complexity index is 436. The van der Waals surface area contributed by atoms with E-state index in [4.69, 9.17) is 9.47 Å². The van der Waals surface area contributed by atoms with E-state index in [9.17, 15) is 10.2 Å². The van der Waals surface area contributed by atoms with E-state index in [2.05, 4.69) is 5.32 Å². The van der Waals surface area contributed by atoms with Crippen LogP contribution in [0, 0.1) is 0 Å². The van der Waals surface area contributed by atoms with E-state index in [1.54, 1.807) is 0 Å². The van der Waals surface area contributed by atoms with Gasteiger partial charge in [-0.2, -0.15) is 0 Å². The minimum atomic E-state index is -0.567. The zero-order valence-electron chi connectivity index (χ0n) is 12.0. The maximum atomic E-state index is 9.84. The number of rotatable bonds is 6. The minimum Gasteiger partial charge on any atom is -0.487 e.